The number of allylic oxidation sites excluding steroid dienone is 2. The quantitative estimate of drug-likeness (QED) is 0.810. The molecule has 0 radical (unpaired) electrons. The molecule has 1 aliphatic carbocycles. The average molecular weight is 253 g/mol. The number of rotatable bonds is 3. The van der Waals surface area contributed by atoms with Gasteiger partial charge in [0.15, 0.2) is 0 Å². The summed E-state index contributed by atoms with van der Waals surface area (Å²) in [7, 11) is 0. The Bertz CT molecular complexity index is 517. The first kappa shape index (κ1) is 12.2. The third-order valence-corrected chi connectivity index (χ3v) is 4.20. The fraction of sp³-hybridized carbons (Fsp3) is 0.353. The van der Waals surface area contributed by atoms with Crippen molar-refractivity contribution in [2.45, 2.75) is 25.9 Å². The van der Waals surface area contributed by atoms with Crippen molar-refractivity contribution in [1.29, 1.82) is 0 Å². The molecule has 1 fully saturated rings. The molecule has 1 aliphatic heterocycles. The summed E-state index contributed by atoms with van der Waals surface area (Å²) in [4.78, 5) is 14.6. The van der Waals surface area contributed by atoms with Crippen molar-refractivity contribution in [2.75, 3.05) is 0 Å². The highest BCUT2D eigenvalue weighted by Gasteiger charge is 2.44. The van der Waals surface area contributed by atoms with Crippen molar-refractivity contribution >= 4 is 5.91 Å². The number of amides is 1. The Morgan fingerprint density at radius 2 is 1.84 bits per heavy atom. The molecule has 3 rings (SSSR count). The summed E-state index contributed by atoms with van der Waals surface area (Å²) >= 11 is 0. The van der Waals surface area contributed by atoms with Crippen molar-refractivity contribution in [3.05, 3.63) is 60.2 Å². The molecule has 0 spiro atoms. The van der Waals surface area contributed by atoms with Crippen LogP contribution in [-0.4, -0.2) is 16.8 Å². The molecule has 2 heteroatoms. The van der Waals surface area contributed by atoms with Crippen LogP contribution in [0.1, 0.15) is 18.9 Å². The van der Waals surface area contributed by atoms with Gasteiger partial charge in [0, 0.05) is 18.5 Å². The van der Waals surface area contributed by atoms with Gasteiger partial charge in [0.1, 0.15) is 0 Å². The average Bonchev–Trinajstić information content (AvgIpc) is 2.73. The third kappa shape index (κ3) is 2.12. The van der Waals surface area contributed by atoms with Gasteiger partial charge in [-0.15, -0.1) is 0 Å². The monoisotopic (exact) mass is 253 g/mol. The smallest absolute Gasteiger partial charge is 0.230 e. The van der Waals surface area contributed by atoms with E-state index in [1.165, 1.54) is 5.56 Å². The van der Waals surface area contributed by atoms with E-state index in [-0.39, 0.29) is 11.8 Å². The first-order valence-electron chi connectivity index (χ1n) is 7.00. The molecule has 0 N–H and O–H groups in total. The second-order valence-corrected chi connectivity index (χ2v) is 5.30. The zero-order valence-corrected chi connectivity index (χ0v) is 11.2. The molecule has 0 unspecified atom stereocenters. The highest BCUT2D eigenvalue weighted by molar-refractivity contribution is 5.84. The fourth-order valence-electron chi connectivity index (χ4n) is 3.27. The van der Waals surface area contributed by atoms with Crippen molar-refractivity contribution in [3.8, 4) is 0 Å². The molecule has 1 saturated heterocycles. The Morgan fingerprint density at radius 1 is 1.11 bits per heavy atom. The van der Waals surface area contributed by atoms with E-state index in [2.05, 4.69) is 42.2 Å². The molecule has 1 aromatic carbocycles. The van der Waals surface area contributed by atoms with Crippen molar-refractivity contribution in [3.63, 3.8) is 0 Å². The van der Waals surface area contributed by atoms with Gasteiger partial charge in [0.05, 0.1) is 5.92 Å². The van der Waals surface area contributed by atoms with E-state index in [4.69, 9.17) is 0 Å². The minimum atomic E-state index is 0.0543. The number of carbonyl (C=O) groups excluding carboxylic acids is 1. The Morgan fingerprint density at radius 3 is 2.58 bits per heavy atom. The molecule has 0 saturated carbocycles. The zero-order valence-electron chi connectivity index (χ0n) is 11.2. The van der Waals surface area contributed by atoms with Crippen LogP contribution >= 0.6 is 0 Å². The predicted octanol–water partition coefficient (Wildman–Crippen LogP) is 3.17. The maximum absolute atomic E-state index is 12.6. The summed E-state index contributed by atoms with van der Waals surface area (Å²) in [6.07, 6.45) is 9.33. The van der Waals surface area contributed by atoms with E-state index in [1.807, 2.05) is 24.3 Å². The summed E-state index contributed by atoms with van der Waals surface area (Å²) in [6, 6.07) is 10.6. The van der Waals surface area contributed by atoms with E-state index in [9.17, 15) is 4.79 Å². The lowest BCUT2D eigenvalue weighted by molar-refractivity contribution is -0.131. The number of carbonyl (C=O) groups is 1. The van der Waals surface area contributed by atoms with E-state index in [0.29, 0.717) is 12.0 Å². The van der Waals surface area contributed by atoms with Crippen LogP contribution in [0.5, 0.6) is 0 Å². The molecular formula is C17H19NO. The van der Waals surface area contributed by atoms with Gasteiger partial charge in [-0.1, -0.05) is 61.6 Å². The molecular weight excluding hydrogens is 234 g/mol. The molecule has 1 heterocycles. The minimum absolute atomic E-state index is 0.0543. The first-order chi connectivity index (χ1) is 9.31. The zero-order chi connectivity index (χ0) is 13.2. The number of fused-ring (bicyclic) bond motifs is 1. The van der Waals surface area contributed by atoms with E-state index >= 15 is 0 Å². The first-order valence-corrected chi connectivity index (χ1v) is 7.00. The van der Waals surface area contributed by atoms with Crippen LogP contribution in [0.2, 0.25) is 0 Å². The van der Waals surface area contributed by atoms with Gasteiger partial charge < -0.3 is 4.90 Å². The molecule has 0 bridgehead atoms. The summed E-state index contributed by atoms with van der Waals surface area (Å²) < 4.78 is 0. The summed E-state index contributed by atoms with van der Waals surface area (Å²) in [6.45, 7) is 2.90. The third-order valence-electron chi connectivity index (χ3n) is 4.20. The lowest BCUT2D eigenvalue weighted by Gasteiger charge is -2.26. The Labute approximate surface area is 114 Å². The predicted molar refractivity (Wildman–Crippen MR) is 76.3 cm³/mol. The standard InChI is InChI=1S/C17H19NO/c1-2-16-14-10-6-7-11-15(14)17(19)18(16)12-13-8-4-3-5-9-13/h3-11,14-16H,2,12H2,1H3/t14-,15+,16-/m1/s1. The maximum atomic E-state index is 12.6. The van der Waals surface area contributed by atoms with Crippen LogP contribution in [-0.2, 0) is 11.3 Å². The van der Waals surface area contributed by atoms with Gasteiger partial charge in [-0.3, -0.25) is 4.79 Å². The lowest BCUT2D eigenvalue weighted by Crippen LogP contribution is -2.34. The highest BCUT2D eigenvalue weighted by atomic mass is 16.2. The lowest BCUT2D eigenvalue weighted by atomic mass is 9.86. The molecule has 1 aromatic rings. The van der Waals surface area contributed by atoms with Crippen LogP contribution < -0.4 is 0 Å². The van der Waals surface area contributed by atoms with Crippen LogP contribution in [0, 0.1) is 11.8 Å². The topological polar surface area (TPSA) is 20.3 Å². The van der Waals surface area contributed by atoms with Gasteiger partial charge in [-0.2, -0.15) is 0 Å². The van der Waals surface area contributed by atoms with E-state index < -0.39 is 0 Å². The number of nitrogens with zero attached hydrogens (tertiary/aromatic N) is 1. The number of hydrogen-bond acceptors (Lipinski definition) is 1. The highest BCUT2D eigenvalue weighted by Crippen LogP contribution is 2.37. The Hall–Kier alpha value is -1.83. The number of benzene rings is 1. The minimum Gasteiger partial charge on any atom is -0.334 e. The maximum Gasteiger partial charge on any atom is 0.230 e. The summed E-state index contributed by atoms with van der Waals surface area (Å²) in [5.41, 5.74) is 1.21. The Balaban J connectivity index is 1.86. The van der Waals surface area contributed by atoms with Gasteiger partial charge in [0.2, 0.25) is 5.91 Å². The van der Waals surface area contributed by atoms with Crippen LogP contribution in [0.4, 0.5) is 0 Å². The SMILES string of the molecule is CC[C@@H]1[C@@H]2C=CC=C[C@@H]2C(=O)N1Cc1ccccc1. The van der Waals surface area contributed by atoms with Crippen molar-refractivity contribution in [2.24, 2.45) is 11.8 Å². The number of hydrogen-bond donors (Lipinski definition) is 0. The summed E-state index contributed by atoms with van der Waals surface area (Å²) in [5.74, 6) is 0.686. The largest absolute Gasteiger partial charge is 0.334 e. The molecule has 2 nitrogen and oxygen atoms in total. The second kappa shape index (κ2) is 5.04. The normalized spacial score (nSPS) is 28.8. The van der Waals surface area contributed by atoms with E-state index in [1.54, 1.807) is 0 Å². The van der Waals surface area contributed by atoms with Crippen molar-refractivity contribution < 1.29 is 4.79 Å². The summed E-state index contributed by atoms with van der Waals surface area (Å²) in [5, 5.41) is 0. The van der Waals surface area contributed by atoms with Gasteiger partial charge in [-0.25, -0.2) is 0 Å². The second-order valence-electron chi connectivity index (χ2n) is 5.30. The number of likely N-dealkylation sites (tertiary alicyclic amines) is 1. The van der Waals surface area contributed by atoms with Gasteiger partial charge in [-0.05, 0) is 12.0 Å². The molecule has 0 aromatic heterocycles. The molecule has 2 aliphatic rings. The van der Waals surface area contributed by atoms with Gasteiger partial charge >= 0.3 is 0 Å². The molecule has 3 atom stereocenters. The van der Waals surface area contributed by atoms with E-state index in [0.717, 1.165) is 13.0 Å². The van der Waals surface area contributed by atoms with Crippen LogP contribution in [0.3, 0.4) is 0 Å². The molecule has 98 valence electrons. The van der Waals surface area contributed by atoms with Crippen LogP contribution in [0.25, 0.3) is 0 Å². The van der Waals surface area contributed by atoms with Gasteiger partial charge in [0.25, 0.3) is 0 Å². The van der Waals surface area contributed by atoms with Crippen LogP contribution in [0.15, 0.2) is 54.6 Å². The van der Waals surface area contributed by atoms with Crippen molar-refractivity contribution in [1.82, 2.24) is 4.90 Å². The molecule has 1 amide bonds. The Kier molecular flexibility index (Phi) is 3.24. The molecule has 19 heavy (non-hydrogen) atoms. The fourth-order valence-corrected chi connectivity index (χ4v) is 3.27.